The molecule has 112 valence electrons. The molecular formula is C18H24N2O. The molecule has 3 nitrogen and oxygen atoms in total. The molecule has 1 aliphatic carbocycles. The Kier molecular flexibility index (Phi) is 4.39. The van der Waals surface area contributed by atoms with Crippen LogP contribution >= 0.6 is 0 Å². The summed E-state index contributed by atoms with van der Waals surface area (Å²) in [5, 5.41) is 1.13. The van der Waals surface area contributed by atoms with Crippen molar-refractivity contribution in [1.82, 2.24) is 4.98 Å². The van der Waals surface area contributed by atoms with E-state index in [0.717, 1.165) is 41.1 Å². The second-order valence-corrected chi connectivity index (χ2v) is 6.02. The van der Waals surface area contributed by atoms with Gasteiger partial charge in [-0.1, -0.05) is 38.0 Å². The van der Waals surface area contributed by atoms with Crippen LogP contribution < -0.4 is 10.5 Å². The number of aromatic nitrogens is 1. The van der Waals surface area contributed by atoms with Crippen LogP contribution in [0, 0.1) is 5.92 Å². The van der Waals surface area contributed by atoms with Gasteiger partial charge in [0.2, 0.25) is 5.88 Å². The Bertz CT molecular complexity index is 611. The summed E-state index contributed by atoms with van der Waals surface area (Å²) >= 11 is 0. The molecule has 1 aliphatic rings. The molecule has 2 aromatic rings. The highest BCUT2D eigenvalue weighted by molar-refractivity contribution is 5.82. The zero-order chi connectivity index (χ0) is 14.7. The number of nitrogens with two attached hydrogens (primary N) is 1. The van der Waals surface area contributed by atoms with E-state index in [0.29, 0.717) is 12.6 Å². The minimum Gasteiger partial charge on any atom is -0.474 e. The first-order chi connectivity index (χ1) is 10.3. The number of rotatable bonds is 4. The largest absolute Gasteiger partial charge is 0.474 e. The van der Waals surface area contributed by atoms with E-state index in [4.69, 9.17) is 10.5 Å². The van der Waals surface area contributed by atoms with Crippen molar-refractivity contribution in [1.29, 1.82) is 0 Å². The molecule has 2 N–H and O–H groups in total. The zero-order valence-electron chi connectivity index (χ0n) is 12.7. The molecule has 0 amide bonds. The van der Waals surface area contributed by atoms with Crippen LogP contribution in [0.15, 0.2) is 30.3 Å². The van der Waals surface area contributed by atoms with Gasteiger partial charge in [-0.15, -0.1) is 0 Å². The minimum atomic E-state index is 0.308. The van der Waals surface area contributed by atoms with E-state index in [-0.39, 0.29) is 0 Å². The fourth-order valence-electron chi connectivity index (χ4n) is 3.34. The van der Waals surface area contributed by atoms with Crippen molar-refractivity contribution < 1.29 is 4.74 Å². The molecule has 3 heteroatoms. The third-order valence-corrected chi connectivity index (χ3v) is 4.60. The van der Waals surface area contributed by atoms with Gasteiger partial charge in [-0.2, -0.15) is 0 Å². The summed E-state index contributed by atoms with van der Waals surface area (Å²) < 4.78 is 6.17. The SMILES string of the molecule is CCC1CCCC(Oc2cc(CN)c3ccccc3n2)C1. The Labute approximate surface area is 126 Å². The molecule has 0 radical (unpaired) electrons. The second kappa shape index (κ2) is 6.44. The first-order valence-electron chi connectivity index (χ1n) is 8.05. The maximum atomic E-state index is 6.17. The Hall–Kier alpha value is -1.61. The first-order valence-corrected chi connectivity index (χ1v) is 8.05. The van der Waals surface area contributed by atoms with Crippen LogP contribution in [-0.2, 0) is 6.54 Å². The Balaban J connectivity index is 1.83. The third kappa shape index (κ3) is 3.18. The number of ether oxygens (including phenoxy) is 1. The van der Waals surface area contributed by atoms with Gasteiger partial charge < -0.3 is 10.5 Å². The van der Waals surface area contributed by atoms with E-state index in [2.05, 4.69) is 18.0 Å². The molecule has 0 aliphatic heterocycles. The number of fused-ring (bicyclic) bond motifs is 1. The van der Waals surface area contributed by atoms with Crippen LogP contribution in [0.4, 0.5) is 0 Å². The molecule has 1 saturated carbocycles. The van der Waals surface area contributed by atoms with Crippen LogP contribution in [0.25, 0.3) is 10.9 Å². The summed E-state index contributed by atoms with van der Waals surface area (Å²) in [7, 11) is 0. The summed E-state index contributed by atoms with van der Waals surface area (Å²) in [5.74, 6) is 1.54. The van der Waals surface area contributed by atoms with E-state index in [1.165, 1.54) is 19.3 Å². The highest BCUT2D eigenvalue weighted by atomic mass is 16.5. The lowest BCUT2D eigenvalue weighted by Gasteiger charge is -2.28. The van der Waals surface area contributed by atoms with Gasteiger partial charge in [0.1, 0.15) is 6.10 Å². The summed E-state index contributed by atoms with van der Waals surface area (Å²) in [4.78, 5) is 4.65. The molecule has 2 atom stereocenters. The van der Waals surface area contributed by atoms with Crippen molar-refractivity contribution >= 4 is 10.9 Å². The van der Waals surface area contributed by atoms with Crippen molar-refractivity contribution in [3.63, 3.8) is 0 Å². The van der Waals surface area contributed by atoms with Gasteiger partial charge in [-0.3, -0.25) is 0 Å². The van der Waals surface area contributed by atoms with Gasteiger partial charge in [-0.25, -0.2) is 4.98 Å². The van der Waals surface area contributed by atoms with Gasteiger partial charge in [-0.05, 0) is 36.8 Å². The number of nitrogens with zero attached hydrogens (tertiary/aromatic N) is 1. The molecule has 21 heavy (non-hydrogen) atoms. The highest BCUT2D eigenvalue weighted by Gasteiger charge is 2.22. The lowest BCUT2D eigenvalue weighted by atomic mass is 9.85. The molecule has 2 unspecified atom stereocenters. The molecular weight excluding hydrogens is 260 g/mol. The minimum absolute atomic E-state index is 0.308. The molecule has 0 saturated heterocycles. The molecule has 0 spiro atoms. The summed E-state index contributed by atoms with van der Waals surface area (Å²) in [6.07, 6.45) is 6.46. The monoisotopic (exact) mass is 284 g/mol. The second-order valence-electron chi connectivity index (χ2n) is 6.02. The molecule has 3 rings (SSSR count). The van der Waals surface area contributed by atoms with Crippen LogP contribution in [0.3, 0.4) is 0 Å². The standard InChI is InChI=1S/C18H24N2O/c1-2-13-6-5-7-15(10-13)21-18-11-14(12-19)16-8-3-4-9-17(16)20-18/h3-4,8-9,11,13,15H,2,5-7,10,12,19H2,1H3. The van der Waals surface area contributed by atoms with E-state index in [9.17, 15) is 0 Å². The maximum Gasteiger partial charge on any atom is 0.214 e. The molecule has 1 heterocycles. The van der Waals surface area contributed by atoms with Crippen LogP contribution in [0.1, 0.15) is 44.6 Å². The van der Waals surface area contributed by atoms with Crippen molar-refractivity contribution in [2.45, 2.75) is 51.7 Å². The van der Waals surface area contributed by atoms with Gasteiger partial charge in [0.05, 0.1) is 5.52 Å². The van der Waals surface area contributed by atoms with Gasteiger partial charge in [0.25, 0.3) is 0 Å². The highest BCUT2D eigenvalue weighted by Crippen LogP contribution is 2.30. The maximum absolute atomic E-state index is 6.17. The Morgan fingerprint density at radius 2 is 2.14 bits per heavy atom. The van der Waals surface area contributed by atoms with Crippen LogP contribution in [0.2, 0.25) is 0 Å². The smallest absolute Gasteiger partial charge is 0.214 e. The van der Waals surface area contributed by atoms with Gasteiger partial charge in [0, 0.05) is 18.0 Å². The third-order valence-electron chi connectivity index (χ3n) is 4.60. The van der Waals surface area contributed by atoms with Crippen molar-refractivity contribution in [3.8, 4) is 5.88 Å². The quantitative estimate of drug-likeness (QED) is 0.921. The van der Waals surface area contributed by atoms with E-state index >= 15 is 0 Å². The number of para-hydroxylation sites is 1. The lowest BCUT2D eigenvalue weighted by molar-refractivity contribution is 0.117. The van der Waals surface area contributed by atoms with Crippen LogP contribution in [-0.4, -0.2) is 11.1 Å². The summed E-state index contributed by atoms with van der Waals surface area (Å²) in [5.41, 5.74) is 7.96. The van der Waals surface area contributed by atoms with E-state index in [1.54, 1.807) is 0 Å². The van der Waals surface area contributed by atoms with Crippen molar-refractivity contribution in [2.24, 2.45) is 11.7 Å². The predicted molar refractivity (Wildman–Crippen MR) is 86.3 cm³/mol. The van der Waals surface area contributed by atoms with E-state index in [1.807, 2.05) is 24.3 Å². The number of benzene rings is 1. The van der Waals surface area contributed by atoms with Gasteiger partial charge in [0.15, 0.2) is 0 Å². The summed E-state index contributed by atoms with van der Waals surface area (Å²) in [6.45, 7) is 2.79. The average Bonchev–Trinajstić information content (AvgIpc) is 2.54. The number of hydrogen-bond donors (Lipinski definition) is 1. The Morgan fingerprint density at radius 1 is 1.29 bits per heavy atom. The van der Waals surface area contributed by atoms with Crippen molar-refractivity contribution in [2.75, 3.05) is 0 Å². The number of hydrogen-bond acceptors (Lipinski definition) is 3. The fraction of sp³-hybridized carbons (Fsp3) is 0.500. The molecule has 1 aromatic heterocycles. The van der Waals surface area contributed by atoms with Crippen LogP contribution in [0.5, 0.6) is 5.88 Å². The molecule has 1 fully saturated rings. The zero-order valence-corrected chi connectivity index (χ0v) is 12.7. The average molecular weight is 284 g/mol. The topological polar surface area (TPSA) is 48.1 Å². The Morgan fingerprint density at radius 3 is 2.95 bits per heavy atom. The number of pyridine rings is 1. The van der Waals surface area contributed by atoms with Crippen molar-refractivity contribution in [3.05, 3.63) is 35.9 Å². The van der Waals surface area contributed by atoms with Gasteiger partial charge >= 0.3 is 0 Å². The molecule has 0 bridgehead atoms. The fourth-order valence-corrected chi connectivity index (χ4v) is 3.34. The predicted octanol–water partition coefficient (Wildman–Crippen LogP) is 4.04. The summed E-state index contributed by atoms with van der Waals surface area (Å²) in [6, 6.07) is 10.1. The first kappa shape index (κ1) is 14.3. The lowest BCUT2D eigenvalue weighted by Crippen LogP contribution is -2.25. The van der Waals surface area contributed by atoms with E-state index < -0.39 is 0 Å². The molecule has 1 aromatic carbocycles. The normalized spacial score (nSPS) is 22.4.